The zero-order chi connectivity index (χ0) is 12.4. The lowest BCUT2D eigenvalue weighted by Crippen LogP contribution is -2.34. The fourth-order valence-electron chi connectivity index (χ4n) is 2.20. The van der Waals surface area contributed by atoms with E-state index in [0.717, 1.165) is 11.7 Å². The van der Waals surface area contributed by atoms with Gasteiger partial charge in [-0.05, 0) is 28.4 Å². The van der Waals surface area contributed by atoms with Gasteiger partial charge in [-0.2, -0.15) is 4.57 Å². The van der Waals surface area contributed by atoms with Gasteiger partial charge in [0.2, 0.25) is 0 Å². The van der Waals surface area contributed by atoms with E-state index >= 15 is 0 Å². The Morgan fingerprint density at radius 2 is 1.61 bits per heavy atom. The van der Waals surface area contributed by atoms with E-state index in [2.05, 4.69) is 42.5 Å². The maximum absolute atomic E-state index is 6.19. The highest BCUT2D eigenvalue weighted by atomic mass is 35.5. The maximum atomic E-state index is 6.19. The van der Waals surface area contributed by atoms with E-state index in [1.807, 2.05) is 29.0 Å². The lowest BCUT2D eigenvalue weighted by molar-refractivity contribution is -0.685. The molecule has 0 saturated carbocycles. The molecule has 0 aliphatic carbocycles. The topological polar surface area (TPSA) is 3.88 Å². The van der Waals surface area contributed by atoms with E-state index in [1.54, 1.807) is 0 Å². The van der Waals surface area contributed by atoms with E-state index in [4.69, 9.17) is 11.6 Å². The Kier molecular flexibility index (Phi) is 2.99. The van der Waals surface area contributed by atoms with Crippen LogP contribution in [0.5, 0.6) is 0 Å². The minimum absolute atomic E-state index is 0.755. The summed E-state index contributed by atoms with van der Waals surface area (Å²) in [5, 5.41) is 3.31. The number of hydrogen-bond acceptors (Lipinski definition) is 0. The molecule has 0 spiro atoms. The molecule has 0 saturated heterocycles. The second-order valence-corrected chi connectivity index (χ2v) is 4.68. The van der Waals surface area contributed by atoms with Crippen molar-refractivity contribution in [3.8, 4) is 0 Å². The summed E-state index contributed by atoms with van der Waals surface area (Å²) in [4.78, 5) is 0. The highest BCUT2D eigenvalue weighted by Gasteiger charge is 2.09. The van der Waals surface area contributed by atoms with E-state index in [-0.39, 0.29) is 0 Å². The summed E-state index contributed by atoms with van der Waals surface area (Å²) in [6, 6.07) is 20.7. The fourth-order valence-corrected chi connectivity index (χ4v) is 2.39. The molecule has 88 valence electrons. The normalized spacial score (nSPS) is 10.7. The third-order valence-electron chi connectivity index (χ3n) is 3.11. The van der Waals surface area contributed by atoms with Gasteiger partial charge < -0.3 is 0 Å². The first-order chi connectivity index (χ1) is 8.84. The van der Waals surface area contributed by atoms with Gasteiger partial charge in [-0.3, -0.25) is 0 Å². The van der Waals surface area contributed by atoms with Crippen molar-refractivity contribution in [2.24, 2.45) is 0 Å². The van der Waals surface area contributed by atoms with Gasteiger partial charge in [-0.1, -0.05) is 42.5 Å². The van der Waals surface area contributed by atoms with E-state index in [1.165, 1.54) is 16.3 Å². The van der Waals surface area contributed by atoms with Crippen LogP contribution in [0.15, 0.2) is 66.9 Å². The Morgan fingerprint density at radius 3 is 2.50 bits per heavy atom. The Labute approximate surface area is 111 Å². The predicted octanol–water partition coefficient (Wildman–Crippen LogP) is 3.83. The first kappa shape index (κ1) is 11.2. The molecule has 18 heavy (non-hydrogen) atoms. The average molecular weight is 255 g/mol. The van der Waals surface area contributed by atoms with Gasteiger partial charge in [0.1, 0.15) is 0 Å². The van der Waals surface area contributed by atoms with Crippen LogP contribution in [0.4, 0.5) is 0 Å². The van der Waals surface area contributed by atoms with Crippen LogP contribution in [0, 0.1) is 0 Å². The van der Waals surface area contributed by atoms with Gasteiger partial charge in [0.15, 0.2) is 12.7 Å². The minimum Gasteiger partial charge on any atom is -0.184 e. The molecule has 0 aliphatic rings. The van der Waals surface area contributed by atoms with Crippen LogP contribution in [0.2, 0.25) is 5.15 Å². The number of rotatable bonds is 2. The lowest BCUT2D eigenvalue weighted by atomic mass is 10.0. The number of aromatic nitrogens is 1. The SMILES string of the molecule is Clc1cccc[n+]1Cc1cccc2ccccc12. The molecule has 1 heterocycles. The third kappa shape index (κ3) is 2.09. The number of pyridine rings is 1. The molecule has 1 nitrogen and oxygen atoms in total. The molecule has 0 radical (unpaired) electrons. The van der Waals surface area contributed by atoms with Crippen LogP contribution in [0.1, 0.15) is 5.56 Å². The van der Waals surface area contributed by atoms with Crippen LogP contribution < -0.4 is 4.57 Å². The van der Waals surface area contributed by atoms with Crippen molar-refractivity contribution in [3.63, 3.8) is 0 Å². The highest BCUT2D eigenvalue weighted by Crippen LogP contribution is 2.18. The van der Waals surface area contributed by atoms with Gasteiger partial charge in [0, 0.05) is 17.7 Å². The Balaban J connectivity index is 2.08. The highest BCUT2D eigenvalue weighted by molar-refractivity contribution is 6.28. The van der Waals surface area contributed by atoms with Gasteiger partial charge in [-0.15, -0.1) is 0 Å². The largest absolute Gasteiger partial charge is 0.275 e. The quantitative estimate of drug-likeness (QED) is 0.483. The summed E-state index contributed by atoms with van der Waals surface area (Å²) in [5.41, 5.74) is 1.28. The van der Waals surface area contributed by atoms with Gasteiger partial charge in [-0.25, -0.2) is 0 Å². The molecule has 2 heteroatoms. The summed E-state index contributed by atoms with van der Waals surface area (Å²) in [7, 11) is 0. The van der Waals surface area contributed by atoms with Gasteiger partial charge in [0.25, 0.3) is 5.15 Å². The lowest BCUT2D eigenvalue weighted by Gasteiger charge is -2.04. The monoisotopic (exact) mass is 254 g/mol. The molecule has 0 atom stereocenters. The predicted molar refractivity (Wildman–Crippen MR) is 74.7 cm³/mol. The van der Waals surface area contributed by atoms with Crippen LogP contribution in [-0.2, 0) is 6.54 Å². The second kappa shape index (κ2) is 4.79. The summed E-state index contributed by atoms with van der Waals surface area (Å²) in [6.45, 7) is 0.793. The van der Waals surface area contributed by atoms with Gasteiger partial charge in [0.05, 0.1) is 0 Å². The molecule has 0 N–H and O–H groups in total. The van der Waals surface area contributed by atoms with Crippen LogP contribution in [-0.4, -0.2) is 0 Å². The number of hydrogen-bond donors (Lipinski definition) is 0. The van der Waals surface area contributed by atoms with Crippen molar-refractivity contribution in [2.75, 3.05) is 0 Å². The molecule has 0 amide bonds. The van der Waals surface area contributed by atoms with Gasteiger partial charge >= 0.3 is 0 Å². The van der Waals surface area contributed by atoms with Crippen molar-refractivity contribution in [2.45, 2.75) is 6.54 Å². The molecule has 0 aliphatic heterocycles. The smallest absolute Gasteiger partial charge is 0.184 e. The second-order valence-electron chi connectivity index (χ2n) is 4.29. The third-order valence-corrected chi connectivity index (χ3v) is 3.45. The standard InChI is InChI=1S/C16H13ClN/c17-16-10-3-4-11-18(16)12-14-8-5-7-13-6-1-2-9-15(13)14/h1-11H,12H2/q+1. The van der Waals surface area contributed by atoms with Crippen LogP contribution >= 0.6 is 11.6 Å². The van der Waals surface area contributed by atoms with E-state index in [9.17, 15) is 0 Å². The van der Waals surface area contributed by atoms with Crippen LogP contribution in [0.3, 0.4) is 0 Å². The van der Waals surface area contributed by atoms with Crippen molar-refractivity contribution < 1.29 is 4.57 Å². The average Bonchev–Trinajstić information content (AvgIpc) is 2.42. The molecule has 0 unspecified atom stereocenters. The van der Waals surface area contributed by atoms with Crippen molar-refractivity contribution >= 4 is 22.4 Å². The molecular weight excluding hydrogens is 242 g/mol. The molecule has 3 aromatic rings. The zero-order valence-corrected chi connectivity index (χ0v) is 10.6. The van der Waals surface area contributed by atoms with E-state index < -0.39 is 0 Å². The zero-order valence-electron chi connectivity index (χ0n) is 9.88. The Hall–Kier alpha value is -1.86. The number of nitrogens with zero attached hydrogens (tertiary/aromatic N) is 1. The number of halogens is 1. The summed E-state index contributed by atoms with van der Waals surface area (Å²) in [6.07, 6.45) is 2.00. The Morgan fingerprint density at radius 1 is 0.833 bits per heavy atom. The first-order valence-corrected chi connectivity index (χ1v) is 6.33. The Bertz CT molecular complexity index is 686. The van der Waals surface area contributed by atoms with Crippen molar-refractivity contribution in [1.82, 2.24) is 0 Å². The molecular formula is C16H13ClN+. The van der Waals surface area contributed by atoms with Crippen molar-refractivity contribution in [3.05, 3.63) is 77.6 Å². The van der Waals surface area contributed by atoms with E-state index in [0.29, 0.717) is 0 Å². The first-order valence-electron chi connectivity index (χ1n) is 5.95. The fraction of sp³-hybridized carbons (Fsp3) is 0.0625. The number of fused-ring (bicyclic) bond motifs is 1. The molecule has 2 aromatic carbocycles. The molecule has 0 fully saturated rings. The van der Waals surface area contributed by atoms with Crippen molar-refractivity contribution in [1.29, 1.82) is 0 Å². The number of benzene rings is 2. The molecule has 3 rings (SSSR count). The summed E-state index contributed by atoms with van der Waals surface area (Å²) >= 11 is 6.19. The minimum atomic E-state index is 0.755. The van der Waals surface area contributed by atoms with Crippen LogP contribution in [0.25, 0.3) is 10.8 Å². The summed E-state index contributed by atoms with van der Waals surface area (Å²) < 4.78 is 2.04. The molecule has 1 aromatic heterocycles. The molecule has 0 bridgehead atoms. The summed E-state index contributed by atoms with van der Waals surface area (Å²) in [5.74, 6) is 0. The maximum Gasteiger partial charge on any atom is 0.275 e.